The molecule has 5 rings (SSSR count). The van der Waals surface area contributed by atoms with Gasteiger partial charge in [0, 0.05) is 22.1 Å². The minimum absolute atomic E-state index is 0. The van der Waals surface area contributed by atoms with E-state index in [4.69, 9.17) is 15.5 Å². The van der Waals surface area contributed by atoms with Crippen LogP contribution in [0.3, 0.4) is 0 Å². The lowest BCUT2D eigenvalue weighted by Gasteiger charge is -2.31. The molecule has 2 aliphatic heterocycles. The maximum Gasteiger partial charge on any atom is 0.343 e. The number of ether oxygens (including phenoxy) is 1. The minimum atomic E-state index is -1.93. The molecule has 35 heavy (non-hydrogen) atoms. The van der Waals surface area contributed by atoms with Crippen LogP contribution in [0.4, 0.5) is 0 Å². The number of aliphatic hydroxyl groups is 1. The SMILES string of the molecule is CC[C@@]1(O)C(=O)OCc2c1cc1n(c2=O)Cc2c-1nc1ccccc1c2C=NNC(=O)C(N)=O.Cl. The lowest BCUT2D eigenvalue weighted by Crippen LogP contribution is -2.44. The highest BCUT2D eigenvalue weighted by atomic mass is 35.5. The molecule has 0 bridgehead atoms. The van der Waals surface area contributed by atoms with Crippen LogP contribution in [0.1, 0.15) is 35.6 Å². The van der Waals surface area contributed by atoms with Gasteiger partial charge in [0.1, 0.15) is 6.61 Å². The van der Waals surface area contributed by atoms with Crippen molar-refractivity contribution in [2.45, 2.75) is 32.1 Å². The van der Waals surface area contributed by atoms with Crippen LogP contribution >= 0.6 is 12.4 Å². The monoisotopic (exact) mass is 497 g/mol. The molecule has 3 aromatic rings. The third-order valence-corrected chi connectivity index (χ3v) is 6.22. The first-order valence-electron chi connectivity index (χ1n) is 10.5. The van der Waals surface area contributed by atoms with Gasteiger partial charge < -0.3 is 20.1 Å². The van der Waals surface area contributed by atoms with E-state index in [1.807, 2.05) is 12.1 Å². The maximum absolute atomic E-state index is 13.4. The van der Waals surface area contributed by atoms with Gasteiger partial charge in [0.25, 0.3) is 5.56 Å². The first-order valence-corrected chi connectivity index (χ1v) is 10.5. The fourth-order valence-corrected chi connectivity index (χ4v) is 4.42. The molecule has 0 saturated carbocycles. The zero-order chi connectivity index (χ0) is 24.2. The number of nitrogens with zero attached hydrogens (tertiary/aromatic N) is 3. The van der Waals surface area contributed by atoms with Crippen molar-refractivity contribution < 1.29 is 24.2 Å². The smallest absolute Gasteiger partial charge is 0.343 e. The summed E-state index contributed by atoms with van der Waals surface area (Å²) in [7, 11) is 0. The van der Waals surface area contributed by atoms with E-state index in [0.717, 1.165) is 0 Å². The first kappa shape index (κ1) is 24.0. The summed E-state index contributed by atoms with van der Waals surface area (Å²) in [5.74, 6) is -3.04. The quantitative estimate of drug-likeness (QED) is 0.160. The minimum Gasteiger partial charge on any atom is -0.458 e. The number of esters is 1. The molecule has 4 N–H and O–H groups in total. The highest BCUT2D eigenvalue weighted by molar-refractivity contribution is 6.34. The number of nitrogens with two attached hydrogens (primary N) is 1. The predicted molar refractivity (Wildman–Crippen MR) is 127 cm³/mol. The van der Waals surface area contributed by atoms with Gasteiger partial charge in [0.15, 0.2) is 5.60 Å². The van der Waals surface area contributed by atoms with E-state index in [9.17, 15) is 24.3 Å². The number of hydrogen-bond acceptors (Lipinski definition) is 8. The number of carbonyl (C=O) groups excluding carboxylic acids is 3. The second-order valence-electron chi connectivity index (χ2n) is 8.04. The summed E-state index contributed by atoms with van der Waals surface area (Å²) in [6.07, 6.45) is 1.41. The Labute approximate surface area is 204 Å². The molecule has 2 aliphatic rings. The Bertz CT molecular complexity index is 1510. The van der Waals surface area contributed by atoms with Crippen molar-refractivity contribution in [2.75, 3.05) is 0 Å². The topological polar surface area (TPSA) is 166 Å². The lowest BCUT2D eigenvalue weighted by molar-refractivity contribution is -0.172. The predicted octanol–water partition coefficient (Wildman–Crippen LogP) is 0.437. The molecular formula is C23H20ClN5O6. The van der Waals surface area contributed by atoms with Crippen LogP contribution < -0.4 is 16.7 Å². The van der Waals surface area contributed by atoms with Crippen molar-refractivity contribution in [3.05, 3.63) is 62.9 Å². The molecule has 180 valence electrons. The molecule has 0 unspecified atom stereocenters. The number of rotatable bonds is 3. The maximum atomic E-state index is 13.4. The molecule has 4 heterocycles. The van der Waals surface area contributed by atoms with E-state index in [-0.39, 0.29) is 48.7 Å². The van der Waals surface area contributed by atoms with Gasteiger partial charge in [-0.25, -0.2) is 15.2 Å². The van der Waals surface area contributed by atoms with Crippen LogP contribution in [0.25, 0.3) is 22.3 Å². The van der Waals surface area contributed by atoms with Gasteiger partial charge in [0.2, 0.25) is 0 Å². The first-order chi connectivity index (χ1) is 16.3. The summed E-state index contributed by atoms with van der Waals surface area (Å²) in [4.78, 5) is 52.9. The second-order valence-corrected chi connectivity index (χ2v) is 8.04. The summed E-state index contributed by atoms with van der Waals surface area (Å²) < 4.78 is 6.60. The van der Waals surface area contributed by atoms with Crippen LogP contribution in [0.5, 0.6) is 0 Å². The number of benzene rings is 1. The number of para-hydroxylation sites is 1. The van der Waals surface area contributed by atoms with E-state index in [0.29, 0.717) is 33.4 Å². The summed E-state index contributed by atoms with van der Waals surface area (Å²) in [6, 6.07) is 8.84. The number of amides is 2. The molecule has 12 heteroatoms. The normalized spacial score (nSPS) is 17.8. The molecule has 0 radical (unpaired) electrons. The molecule has 0 aliphatic carbocycles. The Morgan fingerprint density at radius 2 is 2.06 bits per heavy atom. The number of fused-ring (bicyclic) bond motifs is 5. The molecular weight excluding hydrogens is 478 g/mol. The van der Waals surface area contributed by atoms with Crippen LogP contribution in [-0.4, -0.2) is 38.7 Å². The molecule has 11 nitrogen and oxygen atoms in total. The van der Waals surface area contributed by atoms with E-state index in [1.165, 1.54) is 10.8 Å². The number of primary amides is 1. The number of pyridine rings is 2. The van der Waals surface area contributed by atoms with Gasteiger partial charge in [-0.05, 0) is 18.6 Å². The molecule has 1 atom stereocenters. The molecule has 0 fully saturated rings. The van der Waals surface area contributed by atoms with Crippen molar-refractivity contribution >= 4 is 47.3 Å². The Morgan fingerprint density at radius 1 is 1.31 bits per heavy atom. The molecule has 1 aromatic carbocycles. The van der Waals surface area contributed by atoms with Gasteiger partial charge in [-0.1, -0.05) is 25.1 Å². The molecule has 2 amide bonds. The third kappa shape index (κ3) is 3.56. The average molecular weight is 498 g/mol. The Balaban J connectivity index is 0.00000289. The van der Waals surface area contributed by atoms with E-state index in [2.05, 4.69) is 10.5 Å². The fraction of sp³-hybridized carbons (Fsp3) is 0.217. The number of aromatic nitrogens is 2. The van der Waals surface area contributed by atoms with Crippen molar-refractivity contribution in [3.8, 4) is 11.4 Å². The standard InChI is InChI=1S/C23H19N5O6.ClH/c1-2-23(33)15-7-17-18-13(9-28(17)21(31)14(15)10-34-22(23)32)12(8-25-27-20(30)19(24)29)11-5-3-4-6-16(11)26-18;/h3-8,33H,2,9-10H2,1H3,(H2,24,29)(H,27,30);1H/t23-;/m0./s1. The number of hydrazone groups is 1. The Kier molecular flexibility index (Phi) is 5.91. The third-order valence-electron chi connectivity index (χ3n) is 6.22. The van der Waals surface area contributed by atoms with E-state index >= 15 is 0 Å². The fourth-order valence-electron chi connectivity index (χ4n) is 4.42. The summed E-state index contributed by atoms with van der Waals surface area (Å²) in [5.41, 5.74) is 7.91. The lowest BCUT2D eigenvalue weighted by atomic mass is 9.86. The number of nitrogens with one attached hydrogen (secondary N) is 1. The van der Waals surface area contributed by atoms with Gasteiger partial charge >= 0.3 is 17.8 Å². The van der Waals surface area contributed by atoms with Crippen LogP contribution in [-0.2, 0) is 37.9 Å². The Hall–Kier alpha value is -4.09. The van der Waals surface area contributed by atoms with Gasteiger partial charge in [-0.2, -0.15) is 5.10 Å². The molecule has 0 saturated heterocycles. The van der Waals surface area contributed by atoms with Crippen LogP contribution in [0, 0.1) is 0 Å². The number of carbonyl (C=O) groups is 3. The largest absolute Gasteiger partial charge is 0.458 e. The van der Waals surface area contributed by atoms with Gasteiger partial charge in [-0.3, -0.25) is 14.4 Å². The summed E-state index contributed by atoms with van der Waals surface area (Å²) in [6.45, 7) is 1.56. The summed E-state index contributed by atoms with van der Waals surface area (Å²) in [5, 5.41) is 15.6. The molecule has 0 spiro atoms. The highest BCUT2D eigenvalue weighted by Gasteiger charge is 2.45. The van der Waals surface area contributed by atoms with E-state index < -0.39 is 23.4 Å². The summed E-state index contributed by atoms with van der Waals surface area (Å²) >= 11 is 0. The molecule has 2 aromatic heterocycles. The number of halogens is 1. The number of cyclic esters (lactones) is 1. The van der Waals surface area contributed by atoms with Crippen LogP contribution in [0.2, 0.25) is 0 Å². The average Bonchev–Trinajstić information content (AvgIpc) is 3.20. The second kappa shape index (κ2) is 8.60. The van der Waals surface area contributed by atoms with E-state index in [1.54, 1.807) is 25.1 Å². The number of hydrogen-bond donors (Lipinski definition) is 3. The van der Waals surface area contributed by atoms with Crippen molar-refractivity contribution in [2.24, 2.45) is 10.8 Å². The highest BCUT2D eigenvalue weighted by Crippen LogP contribution is 2.39. The van der Waals surface area contributed by atoms with Gasteiger partial charge in [-0.15, -0.1) is 12.4 Å². The van der Waals surface area contributed by atoms with Crippen LogP contribution in [0.15, 0.2) is 40.2 Å². The van der Waals surface area contributed by atoms with Gasteiger partial charge in [0.05, 0.1) is 35.2 Å². The van der Waals surface area contributed by atoms with Crippen molar-refractivity contribution in [1.29, 1.82) is 0 Å². The van der Waals surface area contributed by atoms with Crippen molar-refractivity contribution in [1.82, 2.24) is 15.0 Å². The zero-order valence-electron chi connectivity index (χ0n) is 18.4. The Morgan fingerprint density at radius 3 is 2.77 bits per heavy atom. The zero-order valence-corrected chi connectivity index (χ0v) is 19.2. The van der Waals surface area contributed by atoms with Crippen molar-refractivity contribution in [3.63, 3.8) is 0 Å².